The Hall–Kier alpha value is -0.0400. The normalized spacial score (nSPS) is 51.4. The number of hydrogen-bond acceptors (Lipinski definition) is 0. The number of hydrogen-bond donors (Lipinski definition) is 0. The van der Waals surface area contributed by atoms with Crippen LogP contribution in [-0.2, 0) is 0 Å². The van der Waals surface area contributed by atoms with Gasteiger partial charge in [-0.15, -0.1) is 0 Å². The molecular weight excluding hydrogens is 98.1 g/mol. The molecule has 8 heavy (non-hydrogen) atoms. The van der Waals surface area contributed by atoms with E-state index in [1.165, 1.54) is 37.1 Å². The third-order valence-electron chi connectivity index (χ3n) is 2.97. The molecule has 3 aliphatic heterocycles. The maximum Gasteiger partial charge on any atom is 0.0872 e. The molecule has 0 radical (unpaired) electrons. The minimum atomic E-state index is 1.13. The van der Waals surface area contributed by atoms with Crippen molar-refractivity contribution in [1.82, 2.24) is 0 Å². The van der Waals surface area contributed by atoms with E-state index in [1.807, 2.05) is 0 Å². The quantitative estimate of drug-likeness (QED) is 0.441. The summed E-state index contributed by atoms with van der Waals surface area (Å²) >= 11 is 0. The fourth-order valence-electron chi connectivity index (χ4n) is 2.28. The van der Waals surface area contributed by atoms with Crippen molar-refractivity contribution in [2.24, 2.45) is 5.92 Å². The average Bonchev–Trinajstić information content (AvgIpc) is 2.17. The van der Waals surface area contributed by atoms with Gasteiger partial charge < -0.3 is 4.48 Å². The molecule has 1 heteroatoms. The number of nitrogens with zero attached hydrogens (tertiary/aromatic N) is 1. The minimum Gasteiger partial charge on any atom is -0.323 e. The van der Waals surface area contributed by atoms with Gasteiger partial charge in [0.2, 0.25) is 0 Å². The Morgan fingerprint density at radius 3 is 2.50 bits per heavy atom. The topological polar surface area (TPSA) is 0 Å². The third kappa shape index (κ3) is 0.408. The summed E-state index contributed by atoms with van der Waals surface area (Å²) in [6.45, 7) is 8.21. The fraction of sp³-hybridized carbons (Fsp3) is 1.00. The lowest BCUT2D eigenvalue weighted by Crippen LogP contribution is -2.55. The van der Waals surface area contributed by atoms with Crippen molar-refractivity contribution in [3.05, 3.63) is 0 Å². The molecule has 0 N–H and O–H groups in total. The van der Waals surface area contributed by atoms with Gasteiger partial charge in [0.25, 0.3) is 0 Å². The second kappa shape index (κ2) is 1.27. The first kappa shape index (κ1) is 4.80. The van der Waals surface area contributed by atoms with Gasteiger partial charge in [0, 0.05) is 6.42 Å². The van der Waals surface area contributed by atoms with Crippen molar-refractivity contribution in [2.75, 3.05) is 26.2 Å². The molecule has 3 aliphatic rings. The molecule has 0 amide bonds. The molecule has 0 unspecified atom stereocenters. The summed E-state index contributed by atoms with van der Waals surface area (Å²) in [5.41, 5.74) is 0. The SMILES string of the molecule is CC[N+]12CCC(C1)C2. The molecule has 46 valence electrons. The maximum absolute atomic E-state index is 2.32. The molecule has 0 saturated carbocycles. The van der Waals surface area contributed by atoms with E-state index in [9.17, 15) is 0 Å². The molecule has 0 aliphatic carbocycles. The largest absolute Gasteiger partial charge is 0.323 e. The van der Waals surface area contributed by atoms with Crippen LogP contribution >= 0.6 is 0 Å². The molecule has 1 nitrogen and oxygen atoms in total. The summed E-state index contributed by atoms with van der Waals surface area (Å²) in [6, 6.07) is 0. The van der Waals surface area contributed by atoms with E-state index in [4.69, 9.17) is 0 Å². The zero-order valence-corrected chi connectivity index (χ0v) is 5.56. The lowest BCUT2D eigenvalue weighted by molar-refractivity contribution is -0.947. The molecule has 3 heterocycles. The highest BCUT2D eigenvalue weighted by atomic mass is 15.4. The molecule has 0 aromatic heterocycles. The van der Waals surface area contributed by atoms with Gasteiger partial charge in [-0.2, -0.15) is 0 Å². The highest BCUT2D eigenvalue weighted by molar-refractivity contribution is 4.76. The third-order valence-corrected chi connectivity index (χ3v) is 2.97. The lowest BCUT2D eigenvalue weighted by Gasteiger charge is -2.40. The summed E-state index contributed by atoms with van der Waals surface area (Å²) in [4.78, 5) is 0. The molecule has 0 aromatic rings. The van der Waals surface area contributed by atoms with Crippen molar-refractivity contribution in [3.63, 3.8) is 0 Å². The van der Waals surface area contributed by atoms with Crippen molar-refractivity contribution < 1.29 is 4.48 Å². The Kier molecular flexibility index (Phi) is 0.762. The van der Waals surface area contributed by atoms with Gasteiger partial charge in [-0.3, -0.25) is 0 Å². The first-order chi connectivity index (χ1) is 3.85. The second-order valence-corrected chi connectivity index (χ2v) is 3.40. The Labute approximate surface area is 50.9 Å². The van der Waals surface area contributed by atoms with Crippen molar-refractivity contribution in [3.8, 4) is 0 Å². The van der Waals surface area contributed by atoms with Gasteiger partial charge in [-0.25, -0.2) is 0 Å². The first-order valence-electron chi connectivity index (χ1n) is 3.70. The van der Waals surface area contributed by atoms with Gasteiger partial charge in [-0.1, -0.05) is 0 Å². The summed E-state index contributed by atoms with van der Waals surface area (Å²) in [5, 5.41) is 0. The zero-order valence-electron chi connectivity index (χ0n) is 5.56. The standard InChI is InChI=1S/C7H14N/c1-2-8-4-3-7(5-8)6-8/h7H,2-6H2,1H3/q+1. The molecule has 0 spiro atoms. The number of quaternary nitrogens is 1. The van der Waals surface area contributed by atoms with Crippen molar-refractivity contribution in [2.45, 2.75) is 13.3 Å². The van der Waals surface area contributed by atoms with E-state index in [2.05, 4.69) is 6.92 Å². The minimum absolute atomic E-state index is 1.13. The van der Waals surface area contributed by atoms with Crippen LogP contribution in [0.2, 0.25) is 0 Å². The Bertz CT molecular complexity index is 97.4. The number of rotatable bonds is 1. The zero-order chi connectivity index (χ0) is 5.61. The van der Waals surface area contributed by atoms with Crippen molar-refractivity contribution >= 4 is 0 Å². The molecule has 3 rings (SSSR count). The maximum atomic E-state index is 2.32. The predicted octanol–water partition coefficient (Wildman–Crippen LogP) is 0.857. The lowest BCUT2D eigenvalue weighted by atomic mass is 10.0. The fourth-order valence-corrected chi connectivity index (χ4v) is 2.28. The summed E-state index contributed by atoms with van der Waals surface area (Å²) < 4.78 is 1.46. The van der Waals surface area contributed by atoms with Gasteiger partial charge in [0.15, 0.2) is 0 Å². The van der Waals surface area contributed by atoms with Crippen molar-refractivity contribution in [1.29, 1.82) is 0 Å². The summed E-state index contributed by atoms with van der Waals surface area (Å²) in [6.07, 6.45) is 1.52. The average molecular weight is 112 g/mol. The smallest absolute Gasteiger partial charge is 0.0872 e. The van der Waals surface area contributed by atoms with E-state index in [-0.39, 0.29) is 0 Å². The molecule has 3 fully saturated rings. The van der Waals surface area contributed by atoms with Crippen LogP contribution in [0, 0.1) is 5.92 Å². The van der Waals surface area contributed by atoms with Crippen LogP contribution in [0.3, 0.4) is 0 Å². The molecule has 3 saturated heterocycles. The van der Waals surface area contributed by atoms with Crippen LogP contribution < -0.4 is 0 Å². The van der Waals surface area contributed by atoms with E-state index < -0.39 is 0 Å². The highest BCUT2D eigenvalue weighted by Crippen LogP contribution is 2.36. The second-order valence-electron chi connectivity index (χ2n) is 3.40. The van der Waals surface area contributed by atoms with Crippen LogP contribution in [0.1, 0.15) is 13.3 Å². The summed E-state index contributed by atoms with van der Waals surface area (Å²) in [7, 11) is 0. The number of fused-ring (bicyclic) bond motifs is 1. The predicted molar refractivity (Wildman–Crippen MR) is 33.5 cm³/mol. The monoisotopic (exact) mass is 112 g/mol. The van der Waals surface area contributed by atoms with Crippen LogP contribution in [0.4, 0.5) is 0 Å². The van der Waals surface area contributed by atoms with E-state index in [0.29, 0.717) is 0 Å². The van der Waals surface area contributed by atoms with Crippen LogP contribution in [0.15, 0.2) is 0 Å². The van der Waals surface area contributed by atoms with Crippen LogP contribution in [-0.4, -0.2) is 30.7 Å². The van der Waals surface area contributed by atoms with Gasteiger partial charge in [0.05, 0.1) is 32.1 Å². The molecule has 2 bridgehead atoms. The molecular formula is C7H14N+. The molecule has 0 aromatic carbocycles. The van der Waals surface area contributed by atoms with Gasteiger partial charge in [0.1, 0.15) is 0 Å². The van der Waals surface area contributed by atoms with Crippen LogP contribution in [0.5, 0.6) is 0 Å². The van der Waals surface area contributed by atoms with E-state index >= 15 is 0 Å². The first-order valence-corrected chi connectivity index (χ1v) is 3.70. The van der Waals surface area contributed by atoms with Crippen LogP contribution in [0.25, 0.3) is 0 Å². The Morgan fingerprint density at radius 1 is 1.50 bits per heavy atom. The molecule has 0 atom stereocenters. The highest BCUT2D eigenvalue weighted by Gasteiger charge is 2.49. The van der Waals surface area contributed by atoms with Gasteiger partial charge >= 0.3 is 0 Å². The Morgan fingerprint density at radius 2 is 2.25 bits per heavy atom. The van der Waals surface area contributed by atoms with E-state index in [0.717, 1.165) is 5.92 Å². The Balaban J connectivity index is 2.09. The van der Waals surface area contributed by atoms with E-state index in [1.54, 1.807) is 0 Å². The summed E-state index contributed by atoms with van der Waals surface area (Å²) in [5.74, 6) is 1.13. The van der Waals surface area contributed by atoms with Gasteiger partial charge in [-0.05, 0) is 6.92 Å².